The fourth-order valence-corrected chi connectivity index (χ4v) is 13.1. The monoisotopic (exact) mass is 723 g/mol. The standard InChI is InChI=1S/C42H60ClNO5.C2H6/c1-25(2)28-15-21-42(36(46)44-24-26-9-11-27(43)12-10-26)22-16-30-29(35(28)42)13-14-32-40(30,7)19-17-31-39(5,6)33(18-20-41(31,32)8)49-34(45)23-38(3,4)37(47)48;1-2/h9-12,28-33,35H,1,13-24H2,2-8H3,(H,44,46)(H,47,48);1-2H3/t28-,29?,30?,31?,32?,33?,35?,40?,41?,42?;/m0./s1. The SMILES string of the molecule is C=C(C)[C@@H]1CCC2(C(=O)NCc3ccc(Cl)cc3)CCC3C(CCC4C3(C)CCC3C(C)(C)C(OC(=O)CC(C)(C)C(=O)O)CCC34C)C12.CC. The maximum absolute atomic E-state index is 14.3. The van der Waals surface area contributed by atoms with Gasteiger partial charge in [-0.2, -0.15) is 0 Å². The largest absolute Gasteiger partial charge is 0.481 e. The average Bonchev–Trinajstić information content (AvgIpc) is 3.48. The minimum absolute atomic E-state index is 0.117. The molecule has 0 bridgehead atoms. The van der Waals surface area contributed by atoms with Crippen LogP contribution in [0.2, 0.25) is 5.02 Å². The van der Waals surface area contributed by atoms with Crippen LogP contribution in [0.25, 0.3) is 0 Å². The Morgan fingerprint density at radius 3 is 2.16 bits per heavy atom. The van der Waals surface area contributed by atoms with Crippen LogP contribution in [0, 0.1) is 62.6 Å². The number of allylic oxidation sites excluding steroid dienone is 1. The average molecular weight is 724 g/mol. The van der Waals surface area contributed by atoms with Gasteiger partial charge in [0.25, 0.3) is 0 Å². The van der Waals surface area contributed by atoms with Crippen LogP contribution in [0.5, 0.6) is 0 Å². The zero-order chi connectivity index (χ0) is 37.7. The molecule has 9 unspecified atom stereocenters. The van der Waals surface area contributed by atoms with Crippen molar-refractivity contribution >= 4 is 29.4 Å². The molecule has 0 heterocycles. The molecule has 1 amide bonds. The van der Waals surface area contributed by atoms with Crippen molar-refractivity contribution in [2.75, 3.05) is 0 Å². The van der Waals surface area contributed by atoms with Gasteiger partial charge in [-0.25, -0.2) is 0 Å². The number of carboxylic acid groups (broad SMARTS) is 1. The Bertz CT molecular complexity index is 1480. The van der Waals surface area contributed by atoms with E-state index in [4.69, 9.17) is 16.3 Å². The van der Waals surface area contributed by atoms with Gasteiger partial charge in [0, 0.05) is 17.0 Å². The smallest absolute Gasteiger partial charge is 0.309 e. The number of hydrogen-bond acceptors (Lipinski definition) is 4. The highest BCUT2D eigenvalue weighted by Gasteiger charge is 2.68. The molecule has 0 saturated heterocycles. The molecule has 7 heteroatoms. The van der Waals surface area contributed by atoms with E-state index in [0.717, 1.165) is 63.4 Å². The van der Waals surface area contributed by atoms with E-state index in [1.165, 1.54) is 12.0 Å². The second-order valence-corrected chi connectivity index (χ2v) is 19.2. The molecule has 51 heavy (non-hydrogen) atoms. The Kier molecular flexibility index (Phi) is 11.3. The Hall–Kier alpha value is -2.34. The third-order valence-electron chi connectivity index (χ3n) is 15.4. The van der Waals surface area contributed by atoms with Crippen LogP contribution in [-0.4, -0.2) is 29.1 Å². The highest BCUT2D eigenvalue weighted by molar-refractivity contribution is 6.30. The van der Waals surface area contributed by atoms with E-state index in [1.807, 2.05) is 38.1 Å². The molecule has 0 aliphatic heterocycles. The first-order chi connectivity index (χ1) is 23.9. The lowest BCUT2D eigenvalue weighted by molar-refractivity contribution is -0.223. The second-order valence-electron chi connectivity index (χ2n) is 18.7. The molecule has 6 rings (SSSR count). The topological polar surface area (TPSA) is 92.7 Å². The first kappa shape index (κ1) is 39.9. The van der Waals surface area contributed by atoms with Crippen LogP contribution in [-0.2, 0) is 25.7 Å². The molecule has 5 saturated carbocycles. The zero-order valence-corrected chi connectivity index (χ0v) is 33.8. The Morgan fingerprint density at radius 1 is 0.902 bits per heavy atom. The zero-order valence-electron chi connectivity index (χ0n) is 33.0. The van der Waals surface area contributed by atoms with Crippen LogP contribution in [0.15, 0.2) is 36.4 Å². The van der Waals surface area contributed by atoms with Crippen molar-refractivity contribution < 1.29 is 24.2 Å². The number of carboxylic acids is 1. The molecule has 5 fully saturated rings. The molecule has 1 aromatic carbocycles. The minimum Gasteiger partial charge on any atom is -0.481 e. The summed E-state index contributed by atoms with van der Waals surface area (Å²) in [4.78, 5) is 39.1. The summed E-state index contributed by atoms with van der Waals surface area (Å²) in [7, 11) is 0. The first-order valence-corrected chi connectivity index (χ1v) is 20.4. The van der Waals surface area contributed by atoms with Crippen LogP contribution < -0.4 is 5.32 Å². The normalized spacial score (nSPS) is 38.0. The Labute approximate surface area is 313 Å². The summed E-state index contributed by atoms with van der Waals surface area (Å²) in [5, 5.41) is 13.7. The van der Waals surface area contributed by atoms with E-state index in [9.17, 15) is 19.5 Å². The number of nitrogens with one attached hydrogen (secondary N) is 1. The fourth-order valence-electron chi connectivity index (χ4n) is 13.0. The number of carbonyl (C=O) groups is 3. The van der Waals surface area contributed by atoms with Gasteiger partial charge in [0.15, 0.2) is 0 Å². The molecule has 5 aliphatic carbocycles. The van der Waals surface area contributed by atoms with Gasteiger partial charge in [-0.15, -0.1) is 0 Å². The predicted molar refractivity (Wildman–Crippen MR) is 205 cm³/mol. The van der Waals surface area contributed by atoms with Crippen molar-refractivity contribution in [1.29, 1.82) is 0 Å². The van der Waals surface area contributed by atoms with Gasteiger partial charge in [-0.1, -0.05) is 77.4 Å². The van der Waals surface area contributed by atoms with Crippen LogP contribution >= 0.6 is 11.6 Å². The van der Waals surface area contributed by atoms with E-state index >= 15 is 0 Å². The van der Waals surface area contributed by atoms with Gasteiger partial charge < -0.3 is 15.2 Å². The van der Waals surface area contributed by atoms with E-state index < -0.39 is 17.4 Å². The van der Waals surface area contributed by atoms with Crippen molar-refractivity contribution in [3.8, 4) is 0 Å². The lowest BCUT2D eigenvalue weighted by Gasteiger charge is -2.69. The lowest BCUT2D eigenvalue weighted by atomic mass is 9.36. The van der Waals surface area contributed by atoms with E-state index in [0.29, 0.717) is 47.1 Å². The molecule has 5 aliphatic rings. The number of esters is 1. The number of amides is 1. The van der Waals surface area contributed by atoms with Crippen molar-refractivity contribution in [1.82, 2.24) is 5.32 Å². The number of ether oxygens (including phenoxy) is 1. The molecule has 0 radical (unpaired) electrons. The number of benzene rings is 1. The fraction of sp³-hybridized carbons (Fsp3) is 0.750. The van der Waals surface area contributed by atoms with Gasteiger partial charge >= 0.3 is 11.9 Å². The highest BCUT2D eigenvalue weighted by atomic mass is 35.5. The third-order valence-corrected chi connectivity index (χ3v) is 15.7. The number of hydrogen-bond donors (Lipinski definition) is 2. The summed E-state index contributed by atoms with van der Waals surface area (Å²) in [6.07, 6.45) is 10.2. The first-order valence-electron chi connectivity index (χ1n) is 20.0. The van der Waals surface area contributed by atoms with Gasteiger partial charge in [0.1, 0.15) is 6.10 Å². The maximum atomic E-state index is 14.3. The summed E-state index contributed by atoms with van der Waals surface area (Å²) in [5.41, 5.74) is 0.972. The summed E-state index contributed by atoms with van der Waals surface area (Å²) in [5.74, 6) is 1.68. The van der Waals surface area contributed by atoms with Crippen molar-refractivity contribution in [3.05, 3.63) is 47.0 Å². The van der Waals surface area contributed by atoms with Gasteiger partial charge in [-0.3, -0.25) is 14.4 Å². The molecular weight excluding hydrogens is 658 g/mol. The molecule has 6 nitrogen and oxygen atoms in total. The number of halogens is 1. The van der Waals surface area contributed by atoms with Crippen molar-refractivity contribution in [2.24, 2.45) is 62.6 Å². The van der Waals surface area contributed by atoms with E-state index in [2.05, 4.69) is 46.5 Å². The molecule has 0 spiro atoms. The molecule has 1 aromatic rings. The summed E-state index contributed by atoms with van der Waals surface area (Å²) in [6.45, 7) is 24.1. The summed E-state index contributed by atoms with van der Waals surface area (Å²) in [6, 6.07) is 7.77. The van der Waals surface area contributed by atoms with E-state index in [-0.39, 0.29) is 40.1 Å². The predicted octanol–water partition coefficient (Wildman–Crippen LogP) is 10.7. The Morgan fingerprint density at radius 2 is 1.53 bits per heavy atom. The van der Waals surface area contributed by atoms with Crippen LogP contribution in [0.3, 0.4) is 0 Å². The second kappa shape index (κ2) is 14.5. The van der Waals surface area contributed by atoms with Crippen molar-refractivity contribution in [3.63, 3.8) is 0 Å². The molecule has 284 valence electrons. The number of aliphatic carboxylic acids is 1. The van der Waals surface area contributed by atoms with Gasteiger partial charge in [0.2, 0.25) is 5.91 Å². The quantitative estimate of drug-likeness (QED) is 0.206. The number of rotatable bonds is 8. The van der Waals surface area contributed by atoms with Crippen LogP contribution in [0.1, 0.15) is 139 Å². The van der Waals surface area contributed by atoms with E-state index in [1.54, 1.807) is 13.8 Å². The van der Waals surface area contributed by atoms with Crippen LogP contribution in [0.4, 0.5) is 0 Å². The summed E-state index contributed by atoms with van der Waals surface area (Å²) >= 11 is 6.12. The molecular formula is C44H66ClNO5. The number of fused-ring (bicyclic) bond motifs is 7. The highest BCUT2D eigenvalue weighted by Crippen LogP contribution is 2.74. The summed E-state index contributed by atoms with van der Waals surface area (Å²) < 4.78 is 6.15. The Balaban J connectivity index is 0.00000248. The third kappa shape index (κ3) is 6.82. The van der Waals surface area contributed by atoms with Gasteiger partial charge in [0.05, 0.1) is 17.3 Å². The molecule has 10 atom stereocenters. The lowest BCUT2D eigenvalue weighted by Crippen LogP contribution is -2.64. The van der Waals surface area contributed by atoms with Crippen molar-refractivity contribution in [2.45, 2.75) is 146 Å². The molecule has 2 N–H and O–H groups in total. The maximum Gasteiger partial charge on any atom is 0.309 e. The number of carbonyl (C=O) groups excluding carboxylic acids is 2. The minimum atomic E-state index is -1.15. The van der Waals surface area contributed by atoms with Gasteiger partial charge in [-0.05, 0) is 149 Å². The molecule has 0 aromatic heterocycles.